The van der Waals surface area contributed by atoms with Crippen molar-refractivity contribution in [1.82, 2.24) is 0 Å². The summed E-state index contributed by atoms with van der Waals surface area (Å²) in [4.78, 5) is 12.5. The molecule has 0 saturated heterocycles. The second kappa shape index (κ2) is 5.91. The minimum atomic E-state index is -0.471. The van der Waals surface area contributed by atoms with Crippen LogP contribution in [0.3, 0.4) is 0 Å². The van der Waals surface area contributed by atoms with E-state index in [1.54, 1.807) is 0 Å². The summed E-state index contributed by atoms with van der Waals surface area (Å²) in [6.45, 7) is 0.252. The Morgan fingerprint density at radius 1 is 0.840 bits per heavy atom. The molecule has 3 nitrogen and oxygen atoms in total. The first-order valence-corrected chi connectivity index (χ1v) is 9.78. The first-order valence-electron chi connectivity index (χ1n) is 9.35. The molecule has 0 spiro atoms. The van der Waals surface area contributed by atoms with Crippen molar-refractivity contribution < 1.29 is 14.3 Å². The number of Topliss-reactive ketones (excluding diaryl/α,β-unsaturated/α-hetero) is 1. The number of ether oxygens (including phenoxy) is 2. The molecule has 5 rings (SSSR count). The standard InChI is InChI=1S/C21H21ClO3/c22-20-18-13-8-6-4-2-1-3-5-7-12(13)14-9-16-17(25-11-24-16)10-15(14)19(18)21(20)23/h9-10,20H,1-8,11H2. The molecule has 1 aliphatic heterocycles. The normalized spacial score (nSPS) is 22.3. The number of carbonyl (C=O) groups excluding carboxylic acids is 1. The van der Waals surface area contributed by atoms with Gasteiger partial charge in [-0.05, 0) is 65.3 Å². The number of hydrogen-bond acceptors (Lipinski definition) is 3. The number of fused-ring (bicyclic) bond motifs is 7. The van der Waals surface area contributed by atoms with Gasteiger partial charge in [-0.3, -0.25) is 4.79 Å². The lowest BCUT2D eigenvalue weighted by atomic mass is 9.74. The van der Waals surface area contributed by atoms with Gasteiger partial charge in [-0.15, -0.1) is 11.6 Å². The predicted molar refractivity (Wildman–Crippen MR) is 98.1 cm³/mol. The largest absolute Gasteiger partial charge is 0.454 e. The summed E-state index contributed by atoms with van der Waals surface area (Å²) < 4.78 is 11.1. The molecule has 3 aliphatic rings. The van der Waals surface area contributed by atoms with E-state index in [0.29, 0.717) is 0 Å². The lowest BCUT2D eigenvalue weighted by Crippen LogP contribution is -2.26. The third-order valence-electron chi connectivity index (χ3n) is 5.90. The Hall–Kier alpha value is -1.74. The fourth-order valence-corrected chi connectivity index (χ4v) is 4.98. The number of alkyl halides is 1. The van der Waals surface area contributed by atoms with E-state index in [2.05, 4.69) is 6.07 Å². The summed E-state index contributed by atoms with van der Waals surface area (Å²) in [5.74, 6) is 1.58. The Morgan fingerprint density at radius 2 is 1.44 bits per heavy atom. The van der Waals surface area contributed by atoms with Crippen LogP contribution in [0.4, 0.5) is 0 Å². The van der Waals surface area contributed by atoms with Gasteiger partial charge in [-0.1, -0.05) is 25.7 Å². The predicted octanol–water partition coefficient (Wildman–Crippen LogP) is 5.48. The van der Waals surface area contributed by atoms with E-state index in [9.17, 15) is 4.79 Å². The second-order valence-electron chi connectivity index (χ2n) is 7.34. The zero-order valence-corrected chi connectivity index (χ0v) is 15.0. The van der Waals surface area contributed by atoms with Crippen LogP contribution in [0.5, 0.6) is 11.5 Å². The number of rotatable bonds is 0. The maximum atomic E-state index is 12.5. The highest BCUT2D eigenvalue weighted by molar-refractivity contribution is 6.41. The van der Waals surface area contributed by atoms with Crippen LogP contribution in [-0.4, -0.2) is 12.6 Å². The summed E-state index contributed by atoms with van der Waals surface area (Å²) in [5, 5.41) is 1.69. The smallest absolute Gasteiger partial charge is 0.231 e. The third kappa shape index (κ3) is 2.28. The molecular weight excluding hydrogens is 336 g/mol. The van der Waals surface area contributed by atoms with Gasteiger partial charge in [0.1, 0.15) is 5.38 Å². The topological polar surface area (TPSA) is 35.5 Å². The van der Waals surface area contributed by atoms with Crippen LogP contribution in [0.15, 0.2) is 12.1 Å². The van der Waals surface area contributed by atoms with Crippen LogP contribution < -0.4 is 9.47 Å². The Morgan fingerprint density at radius 3 is 2.16 bits per heavy atom. The zero-order chi connectivity index (χ0) is 17.0. The molecule has 1 unspecified atom stereocenters. The van der Waals surface area contributed by atoms with Crippen LogP contribution in [0.2, 0.25) is 0 Å². The Kier molecular flexibility index (Phi) is 3.67. The highest BCUT2D eigenvalue weighted by atomic mass is 35.5. The molecule has 1 atom stereocenters. The Labute approximate surface area is 152 Å². The molecule has 2 aromatic carbocycles. The third-order valence-corrected chi connectivity index (χ3v) is 6.32. The van der Waals surface area contributed by atoms with Gasteiger partial charge in [0.2, 0.25) is 6.79 Å². The van der Waals surface area contributed by atoms with Crippen molar-refractivity contribution >= 4 is 28.2 Å². The van der Waals surface area contributed by atoms with Crippen molar-refractivity contribution in [3.05, 3.63) is 34.4 Å². The zero-order valence-electron chi connectivity index (χ0n) is 14.2. The van der Waals surface area contributed by atoms with Gasteiger partial charge < -0.3 is 9.47 Å². The van der Waals surface area contributed by atoms with Gasteiger partial charge in [0.25, 0.3) is 0 Å². The molecular formula is C21H21ClO3. The monoisotopic (exact) mass is 356 g/mol. The number of carbonyl (C=O) groups is 1. The molecule has 25 heavy (non-hydrogen) atoms. The van der Waals surface area contributed by atoms with Crippen molar-refractivity contribution in [2.24, 2.45) is 0 Å². The average Bonchev–Trinajstić information content (AvgIpc) is 3.09. The van der Waals surface area contributed by atoms with Gasteiger partial charge >= 0.3 is 0 Å². The van der Waals surface area contributed by atoms with E-state index in [4.69, 9.17) is 21.1 Å². The van der Waals surface area contributed by atoms with E-state index in [1.807, 2.05) is 6.07 Å². The van der Waals surface area contributed by atoms with Gasteiger partial charge in [0.05, 0.1) is 0 Å². The summed E-state index contributed by atoms with van der Waals surface area (Å²) in [6.07, 6.45) is 9.60. The fraction of sp³-hybridized carbons (Fsp3) is 0.476. The Balaban J connectivity index is 1.79. The maximum Gasteiger partial charge on any atom is 0.231 e. The number of aryl methyl sites for hydroxylation is 1. The van der Waals surface area contributed by atoms with Crippen molar-refractivity contribution in [2.45, 2.75) is 56.7 Å². The van der Waals surface area contributed by atoms with Crippen LogP contribution in [0.25, 0.3) is 10.8 Å². The van der Waals surface area contributed by atoms with Gasteiger partial charge in [-0.2, -0.15) is 0 Å². The fourth-order valence-electron chi connectivity index (χ4n) is 4.63. The van der Waals surface area contributed by atoms with Gasteiger partial charge in [-0.25, -0.2) is 0 Å². The molecule has 130 valence electrons. The van der Waals surface area contributed by atoms with Crippen LogP contribution in [0.1, 0.15) is 71.0 Å². The molecule has 0 aromatic heterocycles. The molecule has 0 radical (unpaired) electrons. The van der Waals surface area contributed by atoms with E-state index >= 15 is 0 Å². The highest BCUT2D eigenvalue weighted by Crippen LogP contribution is 2.50. The first kappa shape index (κ1) is 15.5. The van der Waals surface area contributed by atoms with Crippen LogP contribution in [0, 0.1) is 0 Å². The molecule has 0 amide bonds. The van der Waals surface area contributed by atoms with Crippen molar-refractivity contribution in [3.63, 3.8) is 0 Å². The summed E-state index contributed by atoms with van der Waals surface area (Å²) >= 11 is 6.45. The SMILES string of the molecule is O=C1c2c(c3c(c4cc5c(cc24)OCO5)CCCCCCCC3)C1Cl. The number of ketones is 1. The lowest BCUT2D eigenvalue weighted by molar-refractivity contribution is 0.0962. The molecule has 0 saturated carbocycles. The molecule has 0 bridgehead atoms. The van der Waals surface area contributed by atoms with Crippen LogP contribution in [-0.2, 0) is 12.8 Å². The molecule has 2 aromatic rings. The molecule has 0 fully saturated rings. The summed E-state index contributed by atoms with van der Waals surface area (Å²) in [6, 6.07) is 4.06. The van der Waals surface area contributed by atoms with Crippen molar-refractivity contribution in [2.75, 3.05) is 6.79 Å². The molecule has 0 N–H and O–H groups in total. The molecule has 1 heterocycles. The summed E-state index contributed by atoms with van der Waals surface area (Å²) in [7, 11) is 0. The second-order valence-corrected chi connectivity index (χ2v) is 7.78. The quantitative estimate of drug-likeness (QED) is 0.586. The van der Waals surface area contributed by atoms with Gasteiger partial charge in [0.15, 0.2) is 17.3 Å². The average molecular weight is 357 g/mol. The number of hydrogen-bond donors (Lipinski definition) is 0. The van der Waals surface area contributed by atoms with Gasteiger partial charge in [0, 0.05) is 5.56 Å². The van der Waals surface area contributed by atoms with E-state index < -0.39 is 5.38 Å². The van der Waals surface area contributed by atoms with E-state index in [-0.39, 0.29) is 12.6 Å². The van der Waals surface area contributed by atoms with Crippen LogP contribution >= 0.6 is 11.6 Å². The molecule has 2 aliphatic carbocycles. The van der Waals surface area contributed by atoms with Crippen molar-refractivity contribution in [1.29, 1.82) is 0 Å². The summed E-state index contributed by atoms with van der Waals surface area (Å²) in [5.41, 5.74) is 4.63. The maximum absolute atomic E-state index is 12.5. The number of halogens is 1. The molecule has 4 heteroatoms. The minimum absolute atomic E-state index is 0.0560. The Bertz CT molecular complexity index is 887. The highest BCUT2D eigenvalue weighted by Gasteiger charge is 2.40. The first-order chi connectivity index (χ1) is 12.3. The lowest BCUT2D eigenvalue weighted by Gasteiger charge is -2.31. The number of benzene rings is 2. The van der Waals surface area contributed by atoms with E-state index in [0.717, 1.165) is 46.2 Å². The van der Waals surface area contributed by atoms with E-state index in [1.165, 1.54) is 49.7 Å². The van der Waals surface area contributed by atoms with Crippen molar-refractivity contribution in [3.8, 4) is 11.5 Å². The minimum Gasteiger partial charge on any atom is -0.454 e.